The fraction of sp³-hybridized carbons (Fsp3) is 1.00. The summed E-state index contributed by atoms with van der Waals surface area (Å²) in [4.78, 5) is 0. The molecule has 0 bridgehead atoms. The van der Waals surface area contributed by atoms with Gasteiger partial charge in [0, 0.05) is 0 Å². The first kappa shape index (κ1) is 10.6. The highest BCUT2D eigenvalue weighted by molar-refractivity contribution is 7.97. The Morgan fingerprint density at radius 2 is 1.57 bits per heavy atom. The summed E-state index contributed by atoms with van der Waals surface area (Å²) in [7, 11) is 0. The standard InChI is InChI=1S/C3H8S.C2H6S/c1-2-3-4;1-3-2/h4H,2-3H2,1H3;1-2H3. The van der Waals surface area contributed by atoms with E-state index in [0.717, 1.165) is 5.75 Å². The van der Waals surface area contributed by atoms with Gasteiger partial charge in [-0.1, -0.05) is 6.92 Å². The molecule has 0 aliphatic rings. The monoisotopic (exact) mass is 138 g/mol. The van der Waals surface area contributed by atoms with Crippen LogP contribution in [-0.2, 0) is 0 Å². The third-order valence-electron chi connectivity index (χ3n) is 0.224. The van der Waals surface area contributed by atoms with Gasteiger partial charge in [-0.15, -0.1) is 0 Å². The van der Waals surface area contributed by atoms with E-state index < -0.39 is 0 Å². The highest BCUT2D eigenvalue weighted by Crippen LogP contribution is 1.74. The molecule has 0 spiro atoms. The van der Waals surface area contributed by atoms with E-state index >= 15 is 0 Å². The molecule has 7 heavy (non-hydrogen) atoms. The van der Waals surface area contributed by atoms with Gasteiger partial charge in [-0.2, -0.15) is 24.4 Å². The molecule has 0 heterocycles. The molecular formula is C5H14S2. The Hall–Kier alpha value is 0.700. The molecule has 0 atom stereocenters. The number of thiol groups is 1. The Kier molecular flexibility index (Phi) is 24.2. The molecule has 0 fully saturated rings. The third kappa shape index (κ3) is 51.2. The van der Waals surface area contributed by atoms with Crippen molar-refractivity contribution < 1.29 is 0 Å². The van der Waals surface area contributed by atoms with Gasteiger partial charge in [-0.3, -0.25) is 0 Å². The second-order valence-electron chi connectivity index (χ2n) is 1.13. The van der Waals surface area contributed by atoms with Gasteiger partial charge >= 0.3 is 0 Å². The zero-order chi connectivity index (χ0) is 6.12. The summed E-state index contributed by atoms with van der Waals surface area (Å²) in [5.74, 6) is 1.01. The maximum atomic E-state index is 3.92. The number of hydrogen-bond acceptors (Lipinski definition) is 2. The minimum atomic E-state index is 1.01. The van der Waals surface area contributed by atoms with Crippen LogP contribution in [0.1, 0.15) is 13.3 Å². The van der Waals surface area contributed by atoms with Crippen LogP contribution in [0.15, 0.2) is 0 Å². The number of hydrogen-bond donors (Lipinski definition) is 1. The maximum absolute atomic E-state index is 3.92. The van der Waals surface area contributed by atoms with E-state index in [1.54, 1.807) is 11.8 Å². The molecule has 0 saturated heterocycles. The number of rotatable bonds is 1. The Morgan fingerprint density at radius 3 is 1.57 bits per heavy atom. The molecule has 0 aromatic carbocycles. The van der Waals surface area contributed by atoms with Crippen molar-refractivity contribution in [2.24, 2.45) is 0 Å². The lowest BCUT2D eigenvalue weighted by Gasteiger charge is -1.67. The zero-order valence-corrected chi connectivity index (χ0v) is 6.98. The quantitative estimate of drug-likeness (QED) is 0.543. The van der Waals surface area contributed by atoms with Gasteiger partial charge in [0.1, 0.15) is 0 Å². The van der Waals surface area contributed by atoms with E-state index in [9.17, 15) is 0 Å². The van der Waals surface area contributed by atoms with Crippen molar-refractivity contribution in [3.8, 4) is 0 Å². The predicted octanol–water partition coefficient (Wildman–Crippen LogP) is 2.31. The molecule has 0 radical (unpaired) electrons. The first-order chi connectivity index (χ1) is 3.33. The molecule has 2 heteroatoms. The lowest BCUT2D eigenvalue weighted by molar-refractivity contribution is 1.11. The van der Waals surface area contributed by atoms with Gasteiger partial charge in [-0.25, -0.2) is 0 Å². The van der Waals surface area contributed by atoms with Crippen LogP contribution in [0.4, 0.5) is 0 Å². The van der Waals surface area contributed by atoms with Crippen LogP contribution in [0.2, 0.25) is 0 Å². The van der Waals surface area contributed by atoms with Crippen LogP contribution < -0.4 is 0 Å². The van der Waals surface area contributed by atoms with Crippen LogP contribution in [-0.4, -0.2) is 18.3 Å². The summed E-state index contributed by atoms with van der Waals surface area (Å²) in [6, 6.07) is 0. The van der Waals surface area contributed by atoms with Crippen molar-refractivity contribution in [3.05, 3.63) is 0 Å². The molecule has 0 unspecified atom stereocenters. The Balaban J connectivity index is 0. The van der Waals surface area contributed by atoms with Gasteiger partial charge in [0.25, 0.3) is 0 Å². The van der Waals surface area contributed by atoms with E-state index in [4.69, 9.17) is 0 Å². The van der Waals surface area contributed by atoms with E-state index in [1.165, 1.54) is 6.42 Å². The molecule has 0 aliphatic heterocycles. The molecular weight excluding hydrogens is 124 g/mol. The van der Waals surface area contributed by atoms with E-state index in [1.807, 2.05) is 12.5 Å². The molecule has 0 nitrogen and oxygen atoms in total. The SMILES string of the molecule is CCCS.CSC. The van der Waals surface area contributed by atoms with Crippen LogP contribution >= 0.6 is 24.4 Å². The average Bonchev–Trinajstić information content (AvgIpc) is 1.69. The lowest BCUT2D eigenvalue weighted by Crippen LogP contribution is -1.56. The summed E-state index contributed by atoms with van der Waals surface area (Å²) >= 11 is 5.67. The van der Waals surface area contributed by atoms with Crippen molar-refractivity contribution in [2.75, 3.05) is 18.3 Å². The van der Waals surface area contributed by atoms with Gasteiger partial charge in [0.15, 0.2) is 0 Å². The van der Waals surface area contributed by atoms with Gasteiger partial charge in [-0.05, 0) is 24.7 Å². The Labute approximate surface area is 56.5 Å². The van der Waals surface area contributed by atoms with Crippen LogP contribution in [0.5, 0.6) is 0 Å². The number of thioether (sulfide) groups is 1. The summed E-state index contributed by atoms with van der Waals surface area (Å²) in [5, 5.41) is 0. The van der Waals surface area contributed by atoms with Gasteiger partial charge < -0.3 is 0 Å². The fourth-order valence-corrected chi connectivity index (χ4v) is 0. The molecule has 0 aliphatic carbocycles. The normalized spacial score (nSPS) is 6.86. The fourth-order valence-electron chi connectivity index (χ4n) is 0. The average molecular weight is 138 g/mol. The molecule has 0 aromatic heterocycles. The predicted molar refractivity (Wildman–Crippen MR) is 43.6 cm³/mol. The van der Waals surface area contributed by atoms with Gasteiger partial charge in [0.2, 0.25) is 0 Å². The molecule has 46 valence electrons. The molecule has 0 amide bonds. The van der Waals surface area contributed by atoms with Gasteiger partial charge in [0.05, 0.1) is 0 Å². The molecule has 0 rings (SSSR count). The molecule has 0 N–H and O–H groups in total. The minimum absolute atomic E-state index is 1.01. The van der Waals surface area contributed by atoms with E-state index in [0.29, 0.717) is 0 Å². The van der Waals surface area contributed by atoms with Crippen molar-refractivity contribution in [3.63, 3.8) is 0 Å². The van der Waals surface area contributed by atoms with Crippen molar-refractivity contribution in [1.29, 1.82) is 0 Å². The van der Waals surface area contributed by atoms with Crippen LogP contribution in [0, 0.1) is 0 Å². The largest absolute Gasteiger partial charge is 0.179 e. The minimum Gasteiger partial charge on any atom is -0.179 e. The van der Waals surface area contributed by atoms with Crippen molar-refractivity contribution in [2.45, 2.75) is 13.3 Å². The van der Waals surface area contributed by atoms with Crippen LogP contribution in [0.25, 0.3) is 0 Å². The first-order valence-corrected chi connectivity index (χ1v) is 4.61. The maximum Gasteiger partial charge on any atom is -0.0101 e. The summed E-state index contributed by atoms with van der Waals surface area (Å²) in [5.41, 5.74) is 0. The summed E-state index contributed by atoms with van der Waals surface area (Å²) in [6.07, 6.45) is 5.27. The topological polar surface area (TPSA) is 0 Å². The van der Waals surface area contributed by atoms with E-state index in [2.05, 4.69) is 19.6 Å². The summed E-state index contributed by atoms with van der Waals surface area (Å²) < 4.78 is 0. The highest BCUT2D eigenvalue weighted by Gasteiger charge is 1.57. The van der Waals surface area contributed by atoms with E-state index in [-0.39, 0.29) is 0 Å². The highest BCUT2D eigenvalue weighted by atomic mass is 32.2. The van der Waals surface area contributed by atoms with Crippen molar-refractivity contribution in [1.82, 2.24) is 0 Å². The van der Waals surface area contributed by atoms with Crippen LogP contribution in [0.3, 0.4) is 0 Å². The summed E-state index contributed by atoms with van der Waals surface area (Å²) in [6.45, 7) is 2.10. The smallest absolute Gasteiger partial charge is 0.0101 e. The van der Waals surface area contributed by atoms with Crippen molar-refractivity contribution >= 4 is 24.4 Å². The molecule has 0 aromatic rings. The third-order valence-corrected chi connectivity index (χ3v) is 0.671. The Bertz CT molecular complexity index is 13.6. The zero-order valence-electron chi connectivity index (χ0n) is 5.27. The molecule has 0 saturated carbocycles. The lowest BCUT2D eigenvalue weighted by atomic mass is 10.6. The second-order valence-corrected chi connectivity index (χ2v) is 2.40. The Morgan fingerprint density at radius 1 is 1.43 bits per heavy atom. The second kappa shape index (κ2) is 15.9. The first-order valence-electron chi connectivity index (χ1n) is 2.34.